The van der Waals surface area contributed by atoms with Gasteiger partial charge in [-0.1, -0.05) is 96.8 Å². The third-order valence-electron chi connectivity index (χ3n) is 6.00. The smallest absolute Gasteiger partial charge is 0.306 e. The molecule has 3 N–H and O–H groups in total. The number of carbonyl (C=O) groups is 1. The van der Waals surface area contributed by atoms with Gasteiger partial charge in [0.25, 0.3) is 0 Å². The van der Waals surface area contributed by atoms with Crippen molar-refractivity contribution in [2.45, 2.75) is 134 Å². The van der Waals surface area contributed by atoms with E-state index in [-0.39, 0.29) is 12.6 Å². The molecule has 4 atom stereocenters. The summed E-state index contributed by atoms with van der Waals surface area (Å²) in [6.45, 7) is 1.81. The lowest BCUT2D eigenvalue weighted by molar-refractivity contribution is -0.162. The Morgan fingerprint density at radius 3 is 1.73 bits per heavy atom. The van der Waals surface area contributed by atoms with Gasteiger partial charge in [0.1, 0.15) is 18.3 Å². The van der Waals surface area contributed by atoms with Crippen LogP contribution in [-0.4, -0.2) is 58.9 Å². The van der Waals surface area contributed by atoms with E-state index in [2.05, 4.69) is 6.92 Å². The first-order chi connectivity index (χ1) is 14.6. The van der Waals surface area contributed by atoms with Gasteiger partial charge in [-0.2, -0.15) is 0 Å². The summed E-state index contributed by atoms with van der Waals surface area (Å²) in [6.07, 6.45) is 15.4. The summed E-state index contributed by atoms with van der Waals surface area (Å²) < 4.78 is 10.5. The Morgan fingerprint density at radius 2 is 1.33 bits per heavy atom. The van der Waals surface area contributed by atoms with Gasteiger partial charge in [0.05, 0.1) is 13.2 Å². The van der Waals surface area contributed by atoms with Crippen molar-refractivity contribution >= 4 is 5.97 Å². The first-order valence-electron chi connectivity index (χ1n) is 12.4. The molecule has 0 aromatic heterocycles. The fourth-order valence-corrected chi connectivity index (χ4v) is 4.03. The summed E-state index contributed by atoms with van der Waals surface area (Å²) in [6, 6.07) is 0. The minimum Gasteiger partial charge on any atom is -0.457 e. The highest BCUT2D eigenvalue weighted by atomic mass is 16.6. The second-order valence-electron chi connectivity index (χ2n) is 8.77. The van der Waals surface area contributed by atoms with E-state index < -0.39 is 31.0 Å². The van der Waals surface area contributed by atoms with Crippen LogP contribution in [0.25, 0.3) is 0 Å². The van der Waals surface area contributed by atoms with Gasteiger partial charge in [0.2, 0.25) is 0 Å². The molecular weight excluding hydrogens is 384 g/mol. The second-order valence-corrected chi connectivity index (χ2v) is 8.77. The fraction of sp³-hybridized carbons (Fsp3) is 0.958. The van der Waals surface area contributed by atoms with E-state index in [4.69, 9.17) is 9.47 Å². The molecule has 178 valence electrons. The van der Waals surface area contributed by atoms with Gasteiger partial charge in [-0.3, -0.25) is 4.79 Å². The number of hydrogen-bond donors (Lipinski definition) is 3. The maximum Gasteiger partial charge on any atom is 0.306 e. The molecule has 1 fully saturated rings. The van der Waals surface area contributed by atoms with Crippen LogP contribution in [0.3, 0.4) is 0 Å². The van der Waals surface area contributed by atoms with Gasteiger partial charge in [-0.25, -0.2) is 0 Å². The summed E-state index contributed by atoms with van der Waals surface area (Å²) in [4.78, 5) is 12.0. The molecule has 0 spiro atoms. The Hall–Kier alpha value is -0.690. The maximum absolute atomic E-state index is 12.0. The van der Waals surface area contributed by atoms with E-state index in [9.17, 15) is 20.1 Å². The molecular formula is C24H46O6. The van der Waals surface area contributed by atoms with Crippen LogP contribution in [0.15, 0.2) is 0 Å². The van der Waals surface area contributed by atoms with Gasteiger partial charge in [-0.05, 0) is 6.42 Å². The van der Waals surface area contributed by atoms with Gasteiger partial charge < -0.3 is 24.8 Å². The molecule has 1 aliphatic heterocycles. The summed E-state index contributed by atoms with van der Waals surface area (Å²) in [7, 11) is 0. The van der Waals surface area contributed by atoms with E-state index in [1.807, 2.05) is 0 Å². The van der Waals surface area contributed by atoms with Crippen molar-refractivity contribution in [1.29, 1.82) is 0 Å². The van der Waals surface area contributed by atoms with E-state index in [1.165, 1.54) is 77.0 Å². The average Bonchev–Trinajstić information content (AvgIpc) is 3.07. The molecule has 30 heavy (non-hydrogen) atoms. The monoisotopic (exact) mass is 430 g/mol. The maximum atomic E-state index is 12.0. The highest BCUT2D eigenvalue weighted by Crippen LogP contribution is 2.20. The predicted octanol–water partition coefficient (Wildman–Crippen LogP) is 4.27. The zero-order chi connectivity index (χ0) is 22.0. The van der Waals surface area contributed by atoms with Gasteiger partial charge in [0.15, 0.2) is 6.10 Å². The number of aliphatic hydroxyl groups excluding tert-OH is 3. The van der Waals surface area contributed by atoms with Crippen LogP contribution in [0.1, 0.15) is 110 Å². The number of carbonyl (C=O) groups excluding carboxylic acids is 1. The third-order valence-corrected chi connectivity index (χ3v) is 6.00. The fourth-order valence-electron chi connectivity index (χ4n) is 4.03. The van der Waals surface area contributed by atoms with Crippen LogP contribution >= 0.6 is 0 Å². The highest BCUT2D eigenvalue weighted by molar-refractivity contribution is 5.69. The number of hydrogen-bond acceptors (Lipinski definition) is 6. The minimum atomic E-state index is -1.14. The van der Waals surface area contributed by atoms with Crippen molar-refractivity contribution < 1.29 is 29.6 Å². The van der Waals surface area contributed by atoms with Crippen molar-refractivity contribution in [3.8, 4) is 0 Å². The van der Waals surface area contributed by atoms with Crippen molar-refractivity contribution in [1.82, 2.24) is 0 Å². The molecule has 0 radical (unpaired) electrons. The first-order valence-corrected chi connectivity index (χ1v) is 12.4. The lowest BCUT2D eigenvalue weighted by Gasteiger charge is -2.24. The molecule has 0 aromatic carbocycles. The number of esters is 1. The van der Waals surface area contributed by atoms with Gasteiger partial charge >= 0.3 is 5.97 Å². The summed E-state index contributed by atoms with van der Waals surface area (Å²) >= 11 is 0. The summed E-state index contributed by atoms with van der Waals surface area (Å²) in [5.41, 5.74) is 0. The van der Waals surface area contributed by atoms with E-state index >= 15 is 0 Å². The summed E-state index contributed by atoms with van der Waals surface area (Å²) in [5.74, 6) is -0.388. The number of ether oxygens (including phenoxy) is 2. The molecule has 0 aromatic rings. The predicted molar refractivity (Wildman–Crippen MR) is 118 cm³/mol. The Morgan fingerprint density at radius 1 is 0.867 bits per heavy atom. The Bertz CT molecular complexity index is 417. The standard InChI is InChI=1S/C24H46O6/c1-2-3-4-5-6-7-8-9-10-11-12-13-14-15-16-17-22(27)30-21(18-25)24-23(28)20(26)19-29-24/h20-21,23-26,28H,2-19H2,1H3/t20-,21+,23+,24+/m0/s1. The topological polar surface area (TPSA) is 96.2 Å². The Balaban J connectivity index is 1.90. The van der Waals surface area contributed by atoms with Crippen LogP contribution < -0.4 is 0 Å². The average molecular weight is 431 g/mol. The van der Waals surface area contributed by atoms with Crippen molar-refractivity contribution in [3.05, 3.63) is 0 Å². The molecule has 0 saturated carbocycles. The molecule has 6 nitrogen and oxygen atoms in total. The second kappa shape index (κ2) is 17.9. The van der Waals surface area contributed by atoms with Crippen molar-refractivity contribution in [2.75, 3.05) is 13.2 Å². The molecule has 1 heterocycles. The van der Waals surface area contributed by atoms with E-state index in [0.717, 1.165) is 19.3 Å². The SMILES string of the molecule is CCCCCCCCCCCCCCCCCC(=O)O[C@H](CO)[C@H]1OC[C@H](O)[C@H]1O. The Kier molecular flexibility index (Phi) is 16.3. The molecule has 0 unspecified atom stereocenters. The molecule has 1 aliphatic rings. The number of unbranched alkanes of at least 4 members (excludes halogenated alkanes) is 14. The molecule has 6 heteroatoms. The van der Waals surface area contributed by atoms with E-state index in [1.54, 1.807) is 0 Å². The molecule has 1 saturated heterocycles. The zero-order valence-corrected chi connectivity index (χ0v) is 19.1. The number of aliphatic hydroxyl groups is 3. The normalized spacial score (nSPS) is 22.3. The van der Waals surface area contributed by atoms with Crippen molar-refractivity contribution in [2.24, 2.45) is 0 Å². The van der Waals surface area contributed by atoms with Crippen LogP contribution in [0.4, 0.5) is 0 Å². The zero-order valence-electron chi connectivity index (χ0n) is 19.1. The molecule has 0 bridgehead atoms. The van der Waals surface area contributed by atoms with E-state index in [0.29, 0.717) is 6.42 Å². The third kappa shape index (κ3) is 12.2. The van der Waals surface area contributed by atoms with Gasteiger partial charge in [-0.15, -0.1) is 0 Å². The lowest BCUT2D eigenvalue weighted by Crippen LogP contribution is -2.43. The molecule has 0 amide bonds. The quantitative estimate of drug-likeness (QED) is 0.209. The minimum absolute atomic E-state index is 0.0149. The summed E-state index contributed by atoms with van der Waals surface area (Å²) in [5, 5.41) is 28.7. The first kappa shape index (κ1) is 27.3. The van der Waals surface area contributed by atoms with Gasteiger partial charge in [0, 0.05) is 6.42 Å². The van der Waals surface area contributed by atoms with Crippen LogP contribution in [0.2, 0.25) is 0 Å². The van der Waals surface area contributed by atoms with Crippen LogP contribution in [0, 0.1) is 0 Å². The van der Waals surface area contributed by atoms with Crippen LogP contribution in [-0.2, 0) is 14.3 Å². The Labute approximate surface area is 183 Å². The lowest BCUT2D eigenvalue weighted by atomic mass is 10.0. The highest BCUT2D eigenvalue weighted by Gasteiger charge is 2.41. The molecule has 1 rings (SSSR count). The van der Waals surface area contributed by atoms with Crippen molar-refractivity contribution in [3.63, 3.8) is 0 Å². The molecule has 0 aliphatic carbocycles. The number of rotatable bonds is 19. The largest absolute Gasteiger partial charge is 0.457 e. The van der Waals surface area contributed by atoms with Crippen LogP contribution in [0.5, 0.6) is 0 Å².